The number of benzene rings is 2. The standard InChI is InChI=1S/C28H38N4O5/c1-16-12-17(2)14-20(13-16)24(25(34)31-23-18(3)10-9-11-19(23)4)32(8)26(35)21(15-22(29)33)30-27(36)37-28(5,6)7/h9-14,21,24H,15H2,1-8H3,(H2,29,33)(H,30,36)(H,31,34). The monoisotopic (exact) mass is 510 g/mol. The second-order valence-corrected chi connectivity index (χ2v) is 10.4. The normalized spacial score (nSPS) is 12.8. The molecule has 0 aromatic heterocycles. The minimum atomic E-state index is -1.32. The van der Waals surface area contributed by atoms with Crippen LogP contribution >= 0.6 is 0 Å². The van der Waals surface area contributed by atoms with Gasteiger partial charge in [0.15, 0.2) is 0 Å². The summed E-state index contributed by atoms with van der Waals surface area (Å²) in [5, 5.41) is 5.40. The number of ether oxygens (including phenoxy) is 1. The van der Waals surface area contributed by atoms with Crippen molar-refractivity contribution in [3.8, 4) is 0 Å². The van der Waals surface area contributed by atoms with Crippen molar-refractivity contribution in [3.05, 3.63) is 64.2 Å². The first kappa shape index (κ1) is 29.4. The van der Waals surface area contributed by atoms with E-state index in [4.69, 9.17) is 10.5 Å². The average Bonchev–Trinajstić information content (AvgIpc) is 2.73. The Kier molecular flexibility index (Phi) is 9.44. The van der Waals surface area contributed by atoms with Gasteiger partial charge in [0, 0.05) is 12.7 Å². The van der Waals surface area contributed by atoms with Gasteiger partial charge in [-0.25, -0.2) is 4.79 Å². The van der Waals surface area contributed by atoms with E-state index in [1.54, 1.807) is 20.8 Å². The third-order valence-corrected chi connectivity index (χ3v) is 5.67. The van der Waals surface area contributed by atoms with Crippen molar-refractivity contribution in [2.45, 2.75) is 72.6 Å². The highest BCUT2D eigenvalue weighted by molar-refractivity contribution is 6.00. The van der Waals surface area contributed by atoms with Gasteiger partial charge in [0.05, 0.1) is 6.42 Å². The van der Waals surface area contributed by atoms with Crippen LogP contribution in [0.15, 0.2) is 36.4 Å². The number of amides is 4. The minimum Gasteiger partial charge on any atom is -0.444 e. The summed E-state index contributed by atoms with van der Waals surface area (Å²) in [7, 11) is 1.46. The van der Waals surface area contributed by atoms with E-state index in [2.05, 4.69) is 10.6 Å². The summed E-state index contributed by atoms with van der Waals surface area (Å²) in [4.78, 5) is 52.8. The Morgan fingerprint density at radius 3 is 2.00 bits per heavy atom. The Bertz CT molecular complexity index is 1150. The summed E-state index contributed by atoms with van der Waals surface area (Å²) < 4.78 is 5.26. The van der Waals surface area contributed by atoms with Crippen LogP contribution in [-0.4, -0.2) is 47.4 Å². The number of likely N-dealkylation sites (N-methyl/N-ethyl adjacent to an activating group) is 1. The van der Waals surface area contributed by atoms with E-state index in [0.717, 1.165) is 22.3 Å². The zero-order valence-corrected chi connectivity index (χ0v) is 22.9. The molecule has 0 fully saturated rings. The van der Waals surface area contributed by atoms with E-state index in [0.29, 0.717) is 11.3 Å². The number of rotatable bonds is 8. The lowest BCUT2D eigenvalue weighted by Crippen LogP contribution is -2.52. The van der Waals surface area contributed by atoms with Crippen molar-refractivity contribution in [3.63, 3.8) is 0 Å². The zero-order valence-electron chi connectivity index (χ0n) is 22.9. The van der Waals surface area contributed by atoms with Gasteiger partial charge in [0.2, 0.25) is 11.8 Å². The largest absolute Gasteiger partial charge is 0.444 e. The lowest BCUT2D eigenvalue weighted by molar-refractivity contribution is -0.140. The molecule has 2 unspecified atom stereocenters. The molecule has 0 saturated heterocycles. The predicted octanol–water partition coefficient (Wildman–Crippen LogP) is 3.83. The number of carbonyl (C=O) groups excluding carboxylic acids is 4. The SMILES string of the molecule is Cc1cc(C)cc(C(C(=O)Nc2c(C)cccc2C)N(C)C(=O)C(CC(N)=O)NC(=O)OC(C)(C)C)c1. The molecule has 37 heavy (non-hydrogen) atoms. The maximum Gasteiger partial charge on any atom is 0.408 e. The van der Waals surface area contributed by atoms with Crippen LogP contribution in [0.2, 0.25) is 0 Å². The second kappa shape index (κ2) is 11.9. The number of aryl methyl sites for hydroxylation is 4. The summed E-state index contributed by atoms with van der Waals surface area (Å²) in [5.41, 5.74) is 9.39. The number of nitrogens with two attached hydrogens (primary N) is 1. The smallest absolute Gasteiger partial charge is 0.408 e. The summed E-state index contributed by atoms with van der Waals surface area (Å²) in [6.45, 7) is 12.6. The van der Waals surface area contributed by atoms with Gasteiger partial charge in [-0.1, -0.05) is 47.5 Å². The van der Waals surface area contributed by atoms with Crippen molar-refractivity contribution in [1.29, 1.82) is 0 Å². The summed E-state index contributed by atoms with van der Waals surface area (Å²) in [5.74, 6) is -1.88. The van der Waals surface area contributed by atoms with Crippen LogP contribution in [0.25, 0.3) is 0 Å². The molecule has 200 valence electrons. The molecule has 4 amide bonds. The van der Waals surface area contributed by atoms with Crippen molar-refractivity contribution in [2.75, 3.05) is 12.4 Å². The number of hydrogen-bond donors (Lipinski definition) is 3. The van der Waals surface area contributed by atoms with Gasteiger partial charge < -0.3 is 26.0 Å². The molecular formula is C28H38N4O5. The molecule has 0 saturated carbocycles. The first-order valence-electron chi connectivity index (χ1n) is 12.1. The van der Waals surface area contributed by atoms with Crippen LogP contribution in [0.3, 0.4) is 0 Å². The van der Waals surface area contributed by atoms with Gasteiger partial charge in [-0.2, -0.15) is 0 Å². The van der Waals surface area contributed by atoms with Gasteiger partial charge in [-0.05, 0) is 65.2 Å². The van der Waals surface area contributed by atoms with E-state index in [9.17, 15) is 19.2 Å². The maximum atomic E-state index is 13.7. The molecule has 2 aromatic carbocycles. The highest BCUT2D eigenvalue weighted by atomic mass is 16.6. The number of carbonyl (C=O) groups is 4. The highest BCUT2D eigenvalue weighted by Gasteiger charge is 2.35. The van der Waals surface area contributed by atoms with Crippen LogP contribution in [0, 0.1) is 27.7 Å². The van der Waals surface area contributed by atoms with Crippen molar-refractivity contribution in [2.24, 2.45) is 5.73 Å². The lowest BCUT2D eigenvalue weighted by Gasteiger charge is -2.32. The van der Waals surface area contributed by atoms with Crippen LogP contribution in [-0.2, 0) is 19.1 Å². The van der Waals surface area contributed by atoms with Crippen LogP contribution in [0.1, 0.15) is 61.1 Å². The fourth-order valence-electron chi connectivity index (χ4n) is 4.15. The van der Waals surface area contributed by atoms with Crippen LogP contribution in [0.4, 0.5) is 10.5 Å². The lowest BCUT2D eigenvalue weighted by atomic mass is 9.98. The van der Waals surface area contributed by atoms with E-state index in [1.165, 1.54) is 11.9 Å². The third kappa shape index (κ3) is 8.34. The summed E-state index contributed by atoms with van der Waals surface area (Å²) in [6.07, 6.45) is -1.33. The van der Waals surface area contributed by atoms with Crippen LogP contribution < -0.4 is 16.4 Å². The second-order valence-electron chi connectivity index (χ2n) is 10.4. The van der Waals surface area contributed by atoms with E-state index in [-0.39, 0.29) is 0 Å². The number of para-hydroxylation sites is 1. The Morgan fingerprint density at radius 1 is 0.973 bits per heavy atom. The van der Waals surface area contributed by atoms with Gasteiger partial charge in [0.1, 0.15) is 17.7 Å². The number of hydrogen-bond acceptors (Lipinski definition) is 5. The number of nitrogens with zero attached hydrogens (tertiary/aromatic N) is 1. The maximum absolute atomic E-state index is 13.7. The van der Waals surface area contributed by atoms with Gasteiger partial charge >= 0.3 is 6.09 Å². The Balaban J connectivity index is 2.48. The van der Waals surface area contributed by atoms with Gasteiger partial charge in [-0.3, -0.25) is 14.4 Å². The van der Waals surface area contributed by atoms with E-state index < -0.39 is 47.9 Å². The van der Waals surface area contributed by atoms with Gasteiger partial charge in [0.25, 0.3) is 5.91 Å². The molecule has 0 radical (unpaired) electrons. The molecule has 9 heteroatoms. The predicted molar refractivity (Wildman–Crippen MR) is 143 cm³/mol. The van der Waals surface area contributed by atoms with Gasteiger partial charge in [-0.15, -0.1) is 0 Å². The van der Waals surface area contributed by atoms with Crippen molar-refractivity contribution >= 4 is 29.5 Å². The van der Waals surface area contributed by atoms with Crippen molar-refractivity contribution in [1.82, 2.24) is 10.2 Å². The fourth-order valence-corrected chi connectivity index (χ4v) is 4.15. The highest BCUT2D eigenvalue weighted by Crippen LogP contribution is 2.27. The minimum absolute atomic E-state index is 0.437. The molecule has 0 aliphatic carbocycles. The third-order valence-electron chi connectivity index (χ3n) is 5.67. The topological polar surface area (TPSA) is 131 Å². The number of nitrogens with one attached hydrogen (secondary N) is 2. The van der Waals surface area contributed by atoms with E-state index >= 15 is 0 Å². The molecule has 0 aliphatic rings. The molecule has 0 bridgehead atoms. The Hall–Kier alpha value is -3.88. The molecule has 4 N–H and O–H groups in total. The fraction of sp³-hybridized carbons (Fsp3) is 0.429. The molecule has 0 heterocycles. The summed E-state index contributed by atoms with van der Waals surface area (Å²) in [6, 6.07) is 8.92. The zero-order chi connectivity index (χ0) is 28.1. The number of primary amides is 1. The molecule has 0 spiro atoms. The van der Waals surface area contributed by atoms with Crippen molar-refractivity contribution < 1.29 is 23.9 Å². The first-order valence-corrected chi connectivity index (χ1v) is 12.1. The molecule has 2 aromatic rings. The Morgan fingerprint density at radius 2 is 1.51 bits per heavy atom. The molecular weight excluding hydrogens is 472 g/mol. The first-order chi connectivity index (χ1) is 17.1. The quantitative estimate of drug-likeness (QED) is 0.497. The molecule has 2 rings (SSSR count). The number of anilines is 1. The molecule has 0 aliphatic heterocycles. The Labute approximate surface area is 218 Å². The van der Waals surface area contributed by atoms with Crippen LogP contribution in [0.5, 0.6) is 0 Å². The average molecular weight is 511 g/mol. The summed E-state index contributed by atoms with van der Waals surface area (Å²) >= 11 is 0. The number of alkyl carbamates (subject to hydrolysis) is 1. The molecule has 9 nitrogen and oxygen atoms in total. The van der Waals surface area contributed by atoms with E-state index in [1.807, 2.05) is 64.1 Å². The molecule has 2 atom stereocenters.